The van der Waals surface area contributed by atoms with Crippen LogP contribution in [0.2, 0.25) is 5.15 Å². The number of hydrogen-bond donors (Lipinski definition) is 4. The Kier molecular flexibility index (Phi) is 5.35. The number of aromatic amines is 1. The maximum Gasteiger partial charge on any atom is 0.308 e. The second-order valence-electron chi connectivity index (χ2n) is 9.73. The first-order valence-electron chi connectivity index (χ1n) is 12.0. The average molecular weight is 488 g/mol. The number of carboxylic acid groups (broad SMARTS) is 1. The summed E-state index contributed by atoms with van der Waals surface area (Å²) in [6.45, 7) is 1.47. The van der Waals surface area contributed by atoms with E-state index >= 15 is 4.39 Å². The molecule has 5 aliphatic rings. The third kappa shape index (κ3) is 3.59. The number of nitrogens with zero attached hydrogens (tertiary/aromatic N) is 4. The quantitative estimate of drug-likeness (QED) is 0.522. The molecule has 0 radical (unpaired) electrons. The highest BCUT2D eigenvalue weighted by atomic mass is 35.5. The van der Waals surface area contributed by atoms with Crippen molar-refractivity contribution in [2.75, 3.05) is 13.1 Å². The van der Waals surface area contributed by atoms with Gasteiger partial charge in [-0.15, -0.1) is 0 Å². The molecule has 3 atom stereocenters. The van der Waals surface area contributed by atoms with Gasteiger partial charge in [0.2, 0.25) is 5.83 Å². The first kappa shape index (κ1) is 21.6. The lowest BCUT2D eigenvalue weighted by molar-refractivity contribution is -0.149. The lowest BCUT2D eigenvalue weighted by Crippen LogP contribution is -2.56. The molecule has 2 aliphatic heterocycles. The molecule has 4 fully saturated rings. The molecule has 0 amide bonds. The van der Waals surface area contributed by atoms with Gasteiger partial charge in [-0.1, -0.05) is 11.6 Å². The van der Waals surface area contributed by atoms with Crippen molar-refractivity contribution in [1.29, 1.82) is 0 Å². The van der Waals surface area contributed by atoms with Gasteiger partial charge in [-0.2, -0.15) is 4.39 Å². The maximum atomic E-state index is 15.9. The molecule has 4 heterocycles. The minimum absolute atomic E-state index is 0.126. The number of likely N-dealkylation sites (tertiary alicyclic amines) is 1. The summed E-state index contributed by atoms with van der Waals surface area (Å²) in [6, 6.07) is -0.325. The number of H-pyrrole nitrogens is 1. The van der Waals surface area contributed by atoms with Crippen molar-refractivity contribution < 1.29 is 14.3 Å². The predicted molar refractivity (Wildman–Crippen MR) is 125 cm³/mol. The molecule has 34 heavy (non-hydrogen) atoms. The smallest absolute Gasteiger partial charge is 0.308 e. The van der Waals surface area contributed by atoms with E-state index in [2.05, 4.69) is 25.6 Å². The van der Waals surface area contributed by atoms with E-state index in [1.54, 1.807) is 6.20 Å². The molecule has 3 aliphatic carbocycles. The van der Waals surface area contributed by atoms with Crippen LogP contribution in [0.3, 0.4) is 0 Å². The van der Waals surface area contributed by atoms with Crippen LogP contribution in [0.15, 0.2) is 29.0 Å². The summed E-state index contributed by atoms with van der Waals surface area (Å²) >= 11 is 6.09. The van der Waals surface area contributed by atoms with Crippen LogP contribution >= 0.6 is 11.6 Å². The fourth-order valence-electron chi connectivity index (χ4n) is 6.20. The molecule has 2 bridgehead atoms. The van der Waals surface area contributed by atoms with Gasteiger partial charge in [-0.05, 0) is 50.4 Å². The van der Waals surface area contributed by atoms with E-state index in [9.17, 15) is 9.90 Å². The van der Waals surface area contributed by atoms with Gasteiger partial charge in [0.1, 0.15) is 16.5 Å². The first-order valence-corrected chi connectivity index (χ1v) is 12.4. The third-order valence-electron chi connectivity index (χ3n) is 7.84. The number of rotatable bonds is 4. The number of aliphatic carboxylic acids is 1. The van der Waals surface area contributed by atoms with Crippen molar-refractivity contribution in [2.45, 2.75) is 50.7 Å². The third-order valence-corrected chi connectivity index (χ3v) is 8.03. The van der Waals surface area contributed by atoms with E-state index in [4.69, 9.17) is 16.6 Å². The van der Waals surface area contributed by atoms with Gasteiger partial charge in [0.15, 0.2) is 17.6 Å². The zero-order valence-electron chi connectivity index (χ0n) is 18.6. The molecule has 11 heteroatoms. The van der Waals surface area contributed by atoms with Crippen LogP contribution in [0.1, 0.15) is 50.3 Å². The van der Waals surface area contributed by atoms with Crippen molar-refractivity contribution in [1.82, 2.24) is 30.5 Å². The normalized spacial score (nSPS) is 31.1. The van der Waals surface area contributed by atoms with Crippen LogP contribution in [0.5, 0.6) is 0 Å². The highest BCUT2D eigenvalue weighted by Crippen LogP contribution is 2.46. The molecule has 3 saturated carbocycles. The summed E-state index contributed by atoms with van der Waals surface area (Å²) in [4.78, 5) is 30.6. The minimum atomic E-state index is -0.810. The van der Waals surface area contributed by atoms with Crippen LogP contribution < -0.4 is 10.6 Å². The Bertz CT molecular complexity index is 1180. The standard InChI is InChI=1S/C23H27ClFN7O2/c24-14-10-27-21-18(28-14)13(9-26-21)19-30-20(16(25)22(31-19)32-7-1-2-8-32)29-17-12-5-3-11(4-6-12)15(17)23(33)34/h9-12,15,17,19,29-30H,1-8H2,(H,26,27)(H,33,34)/t11?,12?,15-,17-,19?/m0/s1. The van der Waals surface area contributed by atoms with Crippen LogP contribution in [-0.2, 0) is 4.79 Å². The van der Waals surface area contributed by atoms with Gasteiger partial charge in [-0.25, -0.2) is 15.0 Å². The van der Waals surface area contributed by atoms with Crippen LogP contribution in [0.4, 0.5) is 4.39 Å². The largest absolute Gasteiger partial charge is 0.481 e. The van der Waals surface area contributed by atoms with E-state index in [0.717, 1.165) is 51.6 Å². The molecule has 0 spiro atoms. The summed E-state index contributed by atoms with van der Waals surface area (Å²) in [5.41, 5.74) is 1.84. The molecule has 2 aromatic rings. The summed E-state index contributed by atoms with van der Waals surface area (Å²) in [7, 11) is 0. The van der Waals surface area contributed by atoms with Crippen molar-refractivity contribution in [2.24, 2.45) is 22.7 Å². The Morgan fingerprint density at radius 3 is 2.68 bits per heavy atom. The fourth-order valence-corrected chi connectivity index (χ4v) is 6.33. The Balaban J connectivity index is 1.37. The van der Waals surface area contributed by atoms with Crippen molar-refractivity contribution in [3.8, 4) is 0 Å². The van der Waals surface area contributed by atoms with Crippen LogP contribution in [-0.4, -0.2) is 55.9 Å². The predicted octanol–water partition coefficient (Wildman–Crippen LogP) is 3.33. The topological polar surface area (TPSA) is 119 Å². The van der Waals surface area contributed by atoms with Crippen LogP contribution in [0, 0.1) is 17.8 Å². The number of carbonyl (C=O) groups is 1. The highest BCUT2D eigenvalue weighted by Gasteiger charge is 2.48. The molecular formula is C23H27ClFN7O2. The summed E-state index contributed by atoms with van der Waals surface area (Å²) in [5.74, 6) is -0.974. The molecule has 0 aromatic carbocycles. The van der Waals surface area contributed by atoms with Gasteiger partial charge in [-0.3, -0.25) is 4.79 Å². The number of amidine groups is 1. The second kappa shape index (κ2) is 8.41. The maximum absolute atomic E-state index is 15.9. The minimum Gasteiger partial charge on any atom is -0.481 e. The molecule has 2 aromatic heterocycles. The van der Waals surface area contributed by atoms with Crippen molar-refractivity contribution in [3.63, 3.8) is 0 Å². The summed E-state index contributed by atoms with van der Waals surface area (Å²) in [5, 5.41) is 16.7. The van der Waals surface area contributed by atoms with E-state index < -0.39 is 23.9 Å². The Morgan fingerprint density at radius 1 is 1.21 bits per heavy atom. The van der Waals surface area contributed by atoms with Gasteiger partial charge < -0.3 is 25.6 Å². The van der Waals surface area contributed by atoms with Gasteiger partial charge in [0.25, 0.3) is 0 Å². The van der Waals surface area contributed by atoms with Gasteiger partial charge in [0.05, 0.1) is 12.1 Å². The Labute approximate surface area is 200 Å². The second-order valence-corrected chi connectivity index (χ2v) is 10.1. The molecule has 7 rings (SSSR count). The molecule has 1 unspecified atom stereocenters. The van der Waals surface area contributed by atoms with Crippen molar-refractivity contribution in [3.05, 3.63) is 34.8 Å². The monoisotopic (exact) mass is 487 g/mol. The first-order chi connectivity index (χ1) is 16.5. The zero-order valence-corrected chi connectivity index (χ0v) is 19.4. The summed E-state index contributed by atoms with van der Waals surface area (Å²) < 4.78 is 15.9. The molecule has 9 nitrogen and oxygen atoms in total. The van der Waals surface area contributed by atoms with Crippen LogP contribution in [0.25, 0.3) is 11.2 Å². The Morgan fingerprint density at radius 2 is 1.94 bits per heavy atom. The fraction of sp³-hybridized carbons (Fsp3) is 0.565. The van der Waals surface area contributed by atoms with E-state index in [1.807, 2.05) is 4.90 Å². The van der Waals surface area contributed by atoms with E-state index in [-0.39, 0.29) is 28.9 Å². The lowest BCUT2D eigenvalue weighted by atomic mass is 9.61. The van der Waals surface area contributed by atoms with Crippen molar-refractivity contribution >= 4 is 34.6 Å². The zero-order chi connectivity index (χ0) is 23.4. The number of halogens is 2. The number of fused-ring (bicyclic) bond motifs is 4. The molecule has 180 valence electrons. The van der Waals surface area contributed by atoms with E-state index in [0.29, 0.717) is 22.6 Å². The average Bonchev–Trinajstić information content (AvgIpc) is 3.51. The molecule has 4 N–H and O–H groups in total. The number of nitrogens with one attached hydrogen (secondary N) is 3. The lowest BCUT2D eigenvalue weighted by Gasteiger charge is -2.47. The van der Waals surface area contributed by atoms with Gasteiger partial charge >= 0.3 is 5.97 Å². The number of aliphatic imine (C=N–C) groups is 1. The molecule has 1 saturated heterocycles. The summed E-state index contributed by atoms with van der Waals surface area (Å²) in [6.07, 6.45) is 8.34. The Hall–Kier alpha value is -2.88. The number of aromatic nitrogens is 3. The SMILES string of the molecule is O=C(O)[C@H]1C2CCC(CC2)[C@@H]1NC1=C(F)C(N2CCCC2)=NC(c2c[nH]c3ncc(Cl)nc23)N1. The van der Waals surface area contributed by atoms with Gasteiger partial charge in [0, 0.05) is 30.9 Å². The number of carboxylic acids is 1. The number of hydrogen-bond acceptors (Lipinski definition) is 7. The molecular weight excluding hydrogens is 461 g/mol. The van der Waals surface area contributed by atoms with E-state index in [1.165, 1.54) is 6.20 Å². The highest BCUT2D eigenvalue weighted by molar-refractivity contribution is 6.29.